The van der Waals surface area contributed by atoms with Crippen molar-refractivity contribution in [1.82, 2.24) is 4.90 Å². The van der Waals surface area contributed by atoms with Gasteiger partial charge in [0.2, 0.25) is 0 Å². The minimum atomic E-state index is -0.322. The van der Waals surface area contributed by atoms with Crippen LogP contribution in [0.5, 0.6) is 5.75 Å². The number of carbonyl (C=O) groups is 3. The van der Waals surface area contributed by atoms with Crippen LogP contribution in [0.1, 0.15) is 16.7 Å². The number of aryl methyl sites for hydroxylation is 1. The van der Waals surface area contributed by atoms with Gasteiger partial charge >= 0.3 is 0 Å². The quantitative estimate of drug-likeness (QED) is 0.321. The smallest absolute Gasteiger partial charge is 0.293 e. The maximum Gasteiger partial charge on any atom is 0.293 e. The number of benzene rings is 3. The van der Waals surface area contributed by atoms with E-state index in [-0.39, 0.29) is 30.2 Å². The average molecular weight is 572 g/mol. The van der Waals surface area contributed by atoms with E-state index >= 15 is 0 Å². The lowest BCUT2D eigenvalue weighted by Crippen LogP contribution is -2.27. The Bertz CT molecular complexity index is 1330. The molecule has 0 unspecified atom stereocenters. The topological polar surface area (TPSA) is 75.7 Å². The van der Waals surface area contributed by atoms with Crippen molar-refractivity contribution < 1.29 is 19.1 Å². The third-order valence-electron chi connectivity index (χ3n) is 5.04. The summed E-state index contributed by atoms with van der Waals surface area (Å²) >= 11 is 10.2. The standard InChI is InChI=1S/C26H20BrClN2O4S/c1-16-3-2-4-18(11-16)14-30-25(32)23(35-26(30)33)13-17-5-10-22(21(27)12-17)34-15-24(31)29-20-8-6-19(28)7-9-20/h2-13H,14-15H2,1H3,(H,29,31)/b23-13-. The Labute approximate surface area is 220 Å². The molecule has 3 aromatic rings. The van der Waals surface area contributed by atoms with E-state index in [1.807, 2.05) is 31.2 Å². The molecule has 1 saturated heterocycles. The first-order valence-corrected chi connectivity index (χ1v) is 12.6. The van der Waals surface area contributed by atoms with E-state index in [1.165, 1.54) is 4.90 Å². The number of carbonyl (C=O) groups excluding carboxylic acids is 3. The molecule has 178 valence electrons. The highest BCUT2D eigenvalue weighted by molar-refractivity contribution is 9.10. The zero-order chi connectivity index (χ0) is 24.9. The second kappa shape index (κ2) is 11.1. The van der Waals surface area contributed by atoms with E-state index in [9.17, 15) is 14.4 Å². The number of anilines is 1. The van der Waals surface area contributed by atoms with E-state index in [1.54, 1.807) is 48.5 Å². The monoisotopic (exact) mass is 570 g/mol. The summed E-state index contributed by atoms with van der Waals surface area (Å²) in [6.45, 7) is 2.02. The van der Waals surface area contributed by atoms with Gasteiger partial charge in [0.05, 0.1) is 15.9 Å². The van der Waals surface area contributed by atoms with Gasteiger partial charge in [0.15, 0.2) is 6.61 Å². The fraction of sp³-hybridized carbons (Fsp3) is 0.115. The normalized spacial score (nSPS) is 14.5. The highest BCUT2D eigenvalue weighted by Gasteiger charge is 2.35. The fourth-order valence-corrected chi connectivity index (χ4v) is 4.85. The number of thioether (sulfide) groups is 1. The Kier molecular flexibility index (Phi) is 7.95. The number of ether oxygens (including phenoxy) is 1. The van der Waals surface area contributed by atoms with Gasteiger partial charge in [0.1, 0.15) is 5.75 Å². The minimum absolute atomic E-state index is 0.182. The summed E-state index contributed by atoms with van der Waals surface area (Å²) < 4.78 is 6.23. The van der Waals surface area contributed by atoms with Gasteiger partial charge in [-0.2, -0.15) is 0 Å². The first kappa shape index (κ1) is 25.0. The lowest BCUT2D eigenvalue weighted by atomic mass is 10.1. The van der Waals surface area contributed by atoms with Crippen LogP contribution in [0.15, 0.2) is 76.1 Å². The van der Waals surface area contributed by atoms with Crippen LogP contribution in [0.25, 0.3) is 6.08 Å². The SMILES string of the molecule is Cc1cccc(CN2C(=O)S/C(=C\c3ccc(OCC(=O)Nc4ccc(Cl)cc4)c(Br)c3)C2=O)c1. The highest BCUT2D eigenvalue weighted by Crippen LogP contribution is 2.34. The number of halogens is 2. The van der Waals surface area contributed by atoms with Crippen LogP contribution >= 0.6 is 39.3 Å². The number of rotatable bonds is 7. The van der Waals surface area contributed by atoms with Crippen LogP contribution in [0, 0.1) is 6.92 Å². The van der Waals surface area contributed by atoms with E-state index in [0.717, 1.165) is 28.5 Å². The molecule has 1 N–H and O–H groups in total. The maximum absolute atomic E-state index is 12.8. The molecule has 3 aromatic carbocycles. The summed E-state index contributed by atoms with van der Waals surface area (Å²) in [5.74, 6) is -0.164. The molecule has 3 amide bonds. The van der Waals surface area contributed by atoms with E-state index in [0.29, 0.717) is 25.8 Å². The molecule has 1 aliphatic heterocycles. The number of nitrogens with one attached hydrogen (secondary N) is 1. The molecule has 0 aromatic heterocycles. The molecular weight excluding hydrogens is 552 g/mol. The molecule has 1 fully saturated rings. The minimum Gasteiger partial charge on any atom is -0.483 e. The number of hydrogen-bond acceptors (Lipinski definition) is 5. The number of imide groups is 1. The molecule has 0 saturated carbocycles. The first-order chi connectivity index (χ1) is 16.8. The van der Waals surface area contributed by atoms with Gasteiger partial charge in [-0.05, 0) is 88.2 Å². The Hall–Kier alpha value is -3.07. The second-order valence-electron chi connectivity index (χ2n) is 7.79. The van der Waals surface area contributed by atoms with Crippen molar-refractivity contribution in [3.63, 3.8) is 0 Å². The van der Waals surface area contributed by atoms with Crippen molar-refractivity contribution in [3.8, 4) is 5.75 Å². The van der Waals surface area contributed by atoms with Crippen molar-refractivity contribution >= 4 is 68.1 Å². The van der Waals surface area contributed by atoms with Crippen LogP contribution < -0.4 is 10.1 Å². The Morgan fingerprint density at radius 2 is 1.89 bits per heavy atom. The van der Waals surface area contributed by atoms with Crippen LogP contribution in [0.3, 0.4) is 0 Å². The van der Waals surface area contributed by atoms with Crippen molar-refractivity contribution in [3.05, 3.63) is 97.8 Å². The van der Waals surface area contributed by atoms with Crippen molar-refractivity contribution in [1.29, 1.82) is 0 Å². The summed E-state index contributed by atoms with van der Waals surface area (Å²) in [6, 6.07) is 19.7. The third-order valence-corrected chi connectivity index (χ3v) is 6.82. The molecule has 0 aliphatic carbocycles. The Morgan fingerprint density at radius 1 is 1.11 bits per heavy atom. The molecule has 1 heterocycles. The molecule has 1 aliphatic rings. The summed E-state index contributed by atoms with van der Waals surface area (Å²) in [5, 5.41) is 3.01. The van der Waals surface area contributed by atoms with Gasteiger partial charge < -0.3 is 10.1 Å². The Balaban J connectivity index is 1.38. The molecule has 0 bridgehead atoms. The van der Waals surface area contributed by atoms with Crippen LogP contribution in [0.2, 0.25) is 5.02 Å². The fourth-order valence-electron chi connectivity index (χ4n) is 3.38. The molecule has 0 spiro atoms. The zero-order valence-electron chi connectivity index (χ0n) is 18.6. The molecule has 6 nitrogen and oxygen atoms in total. The summed E-state index contributed by atoms with van der Waals surface area (Å²) in [4.78, 5) is 39.0. The number of amides is 3. The van der Waals surface area contributed by atoms with Gasteiger partial charge in [-0.1, -0.05) is 47.5 Å². The molecule has 35 heavy (non-hydrogen) atoms. The lowest BCUT2D eigenvalue weighted by Gasteiger charge is -2.12. The zero-order valence-corrected chi connectivity index (χ0v) is 21.7. The van der Waals surface area contributed by atoms with Crippen molar-refractivity contribution in [2.24, 2.45) is 0 Å². The predicted octanol–water partition coefficient (Wildman–Crippen LogP) is 6.66. The summed E-state index contributed by atoms with van der Waals surface area (Å²) in [6.07, 6.45) is 1.67. The average Bonchev–Trinajstić information content (AvgIpc) is 3.07. The van der Waals surface area contributed by atoms with E-state index in [4.69, 9.17) is 16.3 Å². The molecule has 0 atom stereocenters. The largest absolute Gasteiger partial charge is 0.483 e. The van der Waals surface area contributed by atoms with Gasteiger partial charge in [-0.3, -0.25) is 19.3 Å². The summed E-state index contributed by atoms with van der Waals surface area (Å²) in [5.41, 5.74) is 3.31. The maximum atomic E-state index is 12.8. The molecule has 4 rings (SSSR count). The number of hydrogen-bond donors (Lipinski definition) is 1. The van der Waals surface area contributed by atoms with E-state index in [2.05, 4.69) is 21.2 Å². The summed E-state index contributed by atoms with van der Waals surface area (Å²) in [7, 11) is 0. The van der Waals surface area contributed by atoms with Crippen LogP contribution in [0.4, 0.5) is 10.5 Å². The first-order valence-electron chi connectivity index (χ1n) is 10.6. The number of nitrogens with zero attached hydrogens (tertiary/aromatic N) is 1. The highest BCUT2D eigenvalue weighted by atomic mass is 79.9. The molecule has 0 radical (unpaired) electrons. The van der Waals surface area contributed by atoms with Gasteiger partial charge in [-0.25, -0.2) is 0 Å². The molecule has 9 heteroatoms. The second-order valence-corrected chi connectivity index (χ2v) is 10.1. The van der Waals surface area contributed by atoms with Crippen molar-refractivity contribution in [2.75, 3.05) is 11.9 Å². The van der Waals surface area contributed by atoms with E-state index < -0.39 is 0 Å². The van der Waals surface area contributed by atoms with Crippen LogP contribution in [-0.4, -0.2) is 28.6 Å². The predicted molar refractivity (Wildman–Crippen MR) is 142 cm³/mol. The van der Waals surface area contributed by atoms with Crippen LogP contribution in [-0.2, 0) is 16.1 Å². The van der Waals surface area contributed by atoms with Gasteiger partial charge in [0.25, 0.3) is 17.1 Å². The molecular formula is C26H20BrClN2O4S. The van der Waals surface area contributed by atoms with Crippen molar-refractivity contribution in [2.45, 2.75) is 13.5 Å². The lowest BCUT2D eigenvalue weighted by molar-refractivity contribution is -0.123. The Morgan fingerprint density at radius 3 is 2.60 bits per heavy atom. The van der Waals surface area contributed by atoms with Gasteiger partial charge in [-0.15, -0.1) is 0 Å². The van der Waals surface area contributed by atoms with Gasteiger partial charge in [0, 0.05) is 10.7 Å². The third kappa shape index (κ3) is 6.54.